The molecule has 1 aliphatic rings. The Labute approximate surface area is 134 Å². The second-order valence-corrected chi connectivity index (χ2v) is 5.33. The van der Waals surface area contributed by atoms with Crippen LogP contribution in [0.1, 0.15) is 31.2 Å². The molecule has 0 bridgehead atoms. The molecule has 18 heavy (non-hydrogen) atoms. The Balaban J connectivity index is 0.00000162. The zero-order chi connectivity index (χ0) is 12.3. The molecule has 1 saturated carbocycles. The summed E-state index contributed by atoms with van der Waals surface area (Å²) < 4.78 is 1.12. The van der Waals surface area contributed by atoms with Crippen LogP contribution in [0.25, 0.3) is 0 Å². The molecule has 2 unspecified atom stereocenters. The van der Waals surface area contributed by atoms with Gasteiger partial charge in [-0.3, -0.25) is 4.99 Å². The Morgan fingerprint density at radius 3 is 2.72 bits per heavy atom. The normalized spacial score (nSPS) is 22.2. The summed E-state index contributed by atoms with van der Waals surface area (Å²) in [6.45, 7) is 2.90. The summed E-state index contributed by atoms with van der Waals surface area (Å²) in [5, 5.41) is 3.27. The molecule has 0 radical (unpaired) electrons. The number of nitrogens with zero attached hydrogens (tertiary/aromatic N) is 1. The molecule has 1 aromatic carbocycles. The second-order valence-electron chi connectivity index (χ2n) is 4.41. The van der Waals surface area contributed by atoms with Crippen LogP contribution in [0.3, 0.4) is 0 Å². The smallest absolute Gasteiger partial charge is 0.188 e. The van der Waals surface area contributed by atoms with Crippen LogP contribution in [-0.2, 0) is 0 Å². The van der Waals surface area contributed by atoms with E-state index in [0.717, 1.165) is 23.9 Å². The first-order chi connectivity index (χ1) is 8.20. The maximum absolute atomic E-state index is 5.80. The fraction of sp³-hybridized carbons (Fsp3) is 0.462. The number of halogens is 2. The van der Waals surface area contributed by atoms with E-state index in [1.54, 1.807) is 0 Å². The van der Waals surface area contributed by atoms with Gasteiger partial charge in [0.1, 0.15) is 0 Å². The molecule has 1 aromatic rings. The van der Waals surface area contributed by atoms with Gasteiger partial charge >= 0.3 is 0 Å². The molecular formula is C13H19BrIN3. The van der Waals surface area contributed by atoms with Gasteiger partial charge in [-0.2, -0.15) is 0 Å². The minimum absolute atomic E-state index is 0. The standard InChI is InChI=1S/C13H18BrN3.HI/c1-2-7-16-13(15)17-12-8-11(12)9-3-5-10(14)6-4-9;/h3-6,11-12H,2,7-8H2,1H3,(H3,15,16,17);1H. The van der Waals surface area contributed by atoms with E-state index in [1.165, 1.54) is 5.56 Å². The van der Waals surface area contributed by atoms with Crippen molar-refractivity contribution < 1.29 is 0 Å². The Hall–Kier alpha value is -0.300. The van der Waals surface area contributed by atoms with Gasteiger partial charge in [0.15, 0.2) is 5.96 Å². The minimum atomic E-state index is 0. The van der Waals surface area contributed by atoms with Crippen LogP contribution in [0, 0.1) is 0 Å². The molecule has 2 rings (SSSR count). The van der Waals surface area contributed by atoms with Crippen LogP contribution < -0.4 is 11.1 Å². The first-order valence-corrected chi connectivity index (χ1v) is 6.82. The highest BCUT2D eigenvalue weighted by Gasteiger charge is 2.38. The lowest BCUT2D eigenvalue weighted by molar-refractivity contribution is 0.837. The van der Waals surface area contributed by atoms with Crippen LogP contribution in [0.2, 0.25) is 0 Å². The number of aliphatic imine (C=N–C) groups is 1. The van der Waals surface area contributed by atoms with E-state index < -0.39 is 0 Å². The largest absolute Gasteiger partial charge is 0.370 e. The lowest BCUT2D eigenvalue weighted by Gasteiger charge is -2.05. The summed E-state index contributed by atoms with van der Waals surface area (Å²) in [6.07, 6.45) is 2.17. The monoisotopic (exact) mass is 423 g/mol. The van der Waals surface area contributed by atoms with Crippen molar-refractivity contribution in [3.05, 3.63) is 34.3 Å². The molecule has 0 spiro atoms. The van der Waals surface area contributed by atoms with Crippen LogP contribution in [0.4, 0.5) is 0 Å². The fourth-order valence-corrected chi connectivity index (χ4v) is 2.17. The van der Waals surface area contributed by atoms with Crippen molar-refractivity contribution in [2.24, 2.45) is 10.7 Å². The van der Waals surface area contributed by atoms with Crippen molar-refractivity contribution in [3.63, 3.8) is 0 Å². The van der Waals surface area contributed by atoms with Gasteiger partial charge in [-0.1, -0.05) is 35.0 Å². The SMILES string of the molecule is CCCN=C(N)NC1CC1c1ccc(Br)cc1.I. The third kappa shape index (κ3) is 4.42. The summed E-state index contributed by atoms with van der Waals surface area (Å²) >= 11 is 3.44. The van der Waals surface area contributed by atoms with Gasteiger partial charge in [-0.25, -0.2) is 0 Å². The summed E-state index contributed by atoms with van der Waals surface area (Å²) in [5.41, 5.74) is 7.17. The molecule has 0 aromatic heterocycles. The van der Waals surface area contributed by atoms with E-state index in [9.17, 15) is 0 Å². The van der Waals surface area contributed by atoms with E-state index in [2.05, 4.69) is 57.4 Å². The zero-order valence-corrected chi connectivity index (χ0v) is 14.3. The topological polar surface area (TPSA) is 50.4 Å². The van der Waals surface area contributed by atoms with Crippen molar-refractivity contribution in [2.45, 2.75) is 31.7 Å². The van der Waals surface area contributed by atoms with Gasteiger partial charge in [0.2, 0.25) is 0 Å². The van der Waals surface area contributed by atoms with Gasteiger partial charge in [0, 0.05) is 23.0 Å². The Morgan fingerprint density at radius 2 is 2.11 bits per heavy atom. The highest BCUT2D eigenvalue weighted by molar-refractivity contribution is 14.0. The molecule has 100 valence electrons. The van der Waals surface area contributed by atoms with Crippen LogP contribution >= 0.6 is 39.9 Å². The number of guanidine groups is 1. The summed E-state index contributed by atoms with van der Waals surface area (Å²) in [6, 6.07) is 8.95. The predicted octanol–water partition coefficient (Wildman–Crippen LogP) is 3.24. The maximum atomic E-state index is 5.80. The number of nitrogens with two attached hydrogens (primary N) is 1. The third-order valence-corrected chi connectivity index (χ3v) is 3.46. The van der Waals surface area contributed by atoms with Crippen molar-refractivity contribution in [2.75, 3.05) is 6.54 Å². The van der Waals surface area contributed by atoms with Crippen molar-refractivity contribution in [1.29, 1.82) is 0 Å². The molecule has 3 nitrogen and oxygen atoms in total. The average molecular weight is 424 g/mol. The number of benzene rings is 1. The number of nitrogens with one attached hydrogen (secondary N) is 1. The number of rotatable bonds is 4. The first-order valence-electron chi connectivity index (χ1n) is 6.02. The third-order valence-electron chi connectivity index (χ3n) is 2.93. The van der Waals surface area contributed by atoms with E-state index >= 15 is 0 Å². The lowest BCUT2D eigenvalue weighted by atomic mass is 10.1. The highest BCUT2D eigenvalue weighted by Crippen LogP contribution is 2.40. The van der Waals surface area contributed by atoms with Crippen LogP contribution in [0.5, 0.6) is 0 Å². The van der Waals surface area contributed by atoms with E-state index in [0.29, 0.717) is 17.9 Å². The van der Waals surface area contributed by atoms with E-state index in [1.807, 2.05) is 0 Å². The maximum Gasteiger partial charge on any atom is 0.188 e. The van der Waals surface area contributed by atoms with Gasteiger partial charge in [-0.15, -0.1) is 24.0 Å². The average Bonchev–Trinajstić information content (AvgIpc) is 3.06. The van der Waals surface area contributed by atoms with Gasteiger partial charge in [0.25, 0.3) is 0 Å². The molecule has 0 heterocycles. The van der Waals surface area contributed by atoms with E-state index in [4.69, 9.17) is 5.73 Å². The Kier molecular flexibility index (Phi) is 6.42. The first kappa shape index (κ1) is 15.8. The predicted molar refractivity (Wildman–Crippen MR) is 90.6 cm³/mol. The Bertz CT molecular complexity index is 405. The van der Waals surface area contributed by atoms with Gasteiger partial charge < -0.3 is 11.1 Å². The molecule has 1 fully saturated rings. The quantitative estimate of drug-likeness (QED) is 0.443. The molecule has 2 atom stereocenters. The molecule has 1 aliphatic carbocycles. The molecule has 3 N–H and O–H groups in total. The van der Waals surface area contributed by atoms with Crippen molar-refractivity contribution >= 4 is 45.9 Å². The van der Waals surface area contributed by atoms with Gasteiger partial charge in [-0.05, 0) is 30.5 Å². The lowest BCUT2D eigenvalue weighted by Crippen LogP contribution is -2.34. The number of hydrogen-bond acceptors (Lipinski definition) is 1. The van der Waals surface area contributed by atoms with E-state index in [-0.39, 0.29) is 24.0 Å². The summed E-state index contributed by atoms with van der Waals surface area (Å²) in [4.78, 5) is 4.24. The fourth-order valence-electron chi connectivity index (χ4n) is 1.90. The summed E-state index contributed by atoms with van der Waals surface area (Å²) in [7, 11) is 0. The summed E-state index contributed by atoms with van der Waals surface area (Å²) in [5.74, 6) is 1.16. The van der Waals surface area contributed by atoms with Crippen LogP contribution in [-0.4, -0.2) is 18.5 Å². The minimum Gasteiger partial charge on any atom is -0.370 e. The molecule has 0 amide bonds. The zero-order valence-electron chi connectivity index (χ0n) is 10.4. The van der Waals surface area contributed by atoms with Crippen LogP contribution in [0.15, 0.2) is 33.7 Å². The number of hydrogen-bond donors (Lipinski definition) is 2. The molecule has 0 aliphatic heterocycles. The Morgan fingerprint density at radius 1 is 1.44 bits per heavy atom. The molecule has 5 heteroatoms. The van der Waals surface area contributed by atoms with Gasteiger partial charge in [0.05, 0.1) is 0 Å². The molecular weight excluding hydrogens is 405 g/mol. The highest BCUT2D eigenvalue weighted by atomic mass is 127. The molecule has 0 saturated heterocycles. The van der Waals surface area contributed by atoms with Crippen molar-refractivity contribution in [1.82, 2.24) is 5.32 Å². The van der Waals surface area contributed by atoms with Crippen molar-refractivity contribution in [3.8, 4) is 0 Å². The second kappa shape index (κ2) is 7.33.